The zero-order valence-electron chi connectivity index (χ0n) is 10.1. The number of benzene rings is 1. The van der Waals surface area contributed by atoms with Crippen LogP contribution in [-0.2, 0) is 12.1 Å². The number of hydrogen-bond donors (Lipinski definition) is 0. The van der Waals surface area contributed by atoms with Crippen molar-refractivity contribution in [3.05, 3.63) is 35.4 Å². The third-order valence-corrected chi connectivity index (χ3v) is 3.75. The van der Waals surface area contributed by atoms with E-state index >= 15 is 0 Å². The van der Waals surface area contributed by atoms with E-state index in [1.165, 1.54) is 25.9 Å². The highest BCUT2D eigenvalue weighted by molar-refractivity contribution is 5.38. The predicted octanol–water partition coefficient (Wildman–Crippen LogP) is 3.54. The van der Waals surface area contributed by atoms with Gasteiger partial charge in [-0.3, -0.25) is 4.90 Å². The summed E-state index contributed by atoms with van der Waals surface area (Å²) in [6.07, 6.45) is 2.70. The van der Waals surface area contributed by atoms with E-state index < -0.39 is 0 Å². The van der Waals surface area contributed by atoms with Crippen LogP contribution in [0.5, 0.6) is 0 Å². The second-order valence-electron chi connectivity index (χ2n) is 4.46. The van der Waals surface area contributed by atoms with Crippen LogP contribution in [0.15, 0.2) is 24.3 Å². The highest BCUT2D eigenvalue weighted by Crippen LogP contribution is 2.45. The van der Waals surface area contributed by atoms with Crippen LogP contribution < -0.4 is 0 Å². The maximum absolute atomic E-state index is 2.62. The second kappa shape index (κ2) is 3.97. The Kier molecular flexibility index (Phi) is 2.83. The summed E-state index contributed by atoms with van der Waals surface area (Å²) in [5, 5.41) is 0. The van der Waals surface area contributed by atoms with Crippen LogP contribution in [0.4, 0.5) is 0 Å². The highest BCUT2D eigenvalue weighted by atomic mass is 15.2. The molecule has 2 heterocycles. The molecule has 0 radical (unpaired) electrons. The second-order valence-corrected chi connectivity index (χ2v) is 4.46. The molecule has 2 aliphatic rings. The minimum absolute atomic E-state index is 0.372. The van der Waals surface area contributed by atoms with Crippen molar-refractivity contribution in [2.45, 2.75) is 45.7 Å². The Labute approximate surface area is 93.1 Å². The fourth-order valence-corrected chi connectivity index (χ4v) is 2.97. The Morgan fingerprint density at radius 3 is 2.73 bits per heavy atom. The Hall–Kier alpha value is -0.820. The lowest BCUT2D eigenvalue weighted by molar-refractivity contribution is 0.178. The van der Waals surface area contributed by atoms with E-state index in [1.807, 2.05) is 13.8 Å². The molecule has 1 saturated heterocycles. The largest absolute Gasteiger partial charge is 0.290 e. The van der Waals surface area contributed by atoms with Crippen molar-refractivity contribution in [2.24, 2.45) is 0 Å². The summed E-state index contributed by atoms with van der Waals surface area (Å²) in [5.41, 5.74) is 3.49. The van der Waals surface area contributed by atoms with Crippen LogP contribution in [0.25, 0.3) is 0 Å². The molecule has 0 spiro atoms. The van der Waals surface area contributed by atoms with Gasteiger partial charge < -0.3 is 0 Å². The maximum atomic E-state index is 2.62. The quantitative estimate of drug-likeness (QED) is 0.623. The van der Waals surface area contributed by atoms with E-state index in [0.29, 0.717) is 5.54 Å². The van der Waals surface area contributed by atoms with Gasteiger partial charge in [-0.2, -0.15) is 0 Å². The van der Waals surface area contributed by atoms with Gasteiger partial charge in [-0.25, -0.2) is 0 Å². The molecule has 0 aliphatic carbocycles. The molecule has 1 nitrogen and oxygen atoms in total. The molecular formula is C14H21N. The third-order valence-electron chi connectivity index (χ3n) is 3.75. The van der Waals surface area contributed by atoms with E-state index in [4.69, 9.17) is 0 Å². The van der Waals surface area contributed by atoms with Gasteiger partial charge in [0.25, 0.3) is 0 Å². The average molecular weight is 203 g/mol. The van der Waals surface area contributed by atoms with Crippen molar-refractivity contribution in [3.63, 3.8) is 0 Å². The zero-order valence-corrected chi connectivity index (χ0v) is 10.1. The van der Waals surface area contributed by atoms with Crippen LogP contribution in [0, 0.1) is 0 Å². The molecule has 0 aromatic heterocycles. The molecule has 3 rings (SSSR count). The van der Waals surface area contributed by atoms with Crippen molar-refractivity contribution in [3.8, 4) is 0 Å². The number of rotatable bonds is 0. The van der Waals surface area contributed by atoms with Crippen LogP contribution in [0.2, 0.25) is 0 Å². The first kappa shape index (κ1) is 10.7. The Morgan fingerprint density at radius 2 is 1.93 bits per heavy atom. The average Bonchev–Trinajstić information content (AvgIpc) is 2.76. The lowest BCUT2D eigenvalue weighted by atomic mass is 9.90. The smallest absolute Gasteiger partial charge is 0.0439 e. The van der Waals surface area contributed by atoms with Gasteiger partial charge in [0.2, 0.25) is 0 Å². The molecule has 1 aromatic carbocycles. The molecule has 0 bridgehead atoms. The molecule has 1 unspecified atom stereocenters. The van der Waals surface area contributed by atoms with E-state index in [2.05, 4.69) is 36.1 Å². The van der Waals surface area contributed by atoms with Gasteiger partial charge in [0.1, 0.15) is 0 Å². The standard InChI is InChI=1S/C12H15N.C2H6/c1-12-7-4-8-13(12)9-10-5-2-3-6-11(10)12;1-2/h2-3,5-6H,4,7-9H2,1H3;1-2H3. The minimum atomic E-state index is 0.372. The third kappa shape index (κ3) is 1.50. The van der Waals surface area contributed by atoms with Gasteiger partial charge in [-0.15, -0.1) is 0 Å². The summed E-state index contributed by atoms with van der Waals surface area (Å²) in [7, 11) is 0. The van der Waals surface area contributed by atoms with Crippen molar-refractivity contribution in [1.29, 1.82) is 0 Å². The molecule has 1 heteroatoms. The molecule has 1 aromatic rings. The highest BCUT2D eigenvalue weighted by Gasteiger charge is 2.43. The van der Waals surface area contributed by atoms with Crippen LogP contribution in [0.3, 0.4) is 0 Å². The van der Waals surface area contributed by atoms with Gasteiger partial charge in [0.15, 0.2) is 0 Å². The van der Waals surface area contributed by atoms with E-state index in [0.717, 1.165) is 0 Å². The molecule has 15 heavy (non-hydrogen) atoms. The molecule has 2 aliphatic heterocycles. The van der Waals surface area contributed by atoms with Gasteiger partial charge in [-0.1, -0.05) is 38.1 Å². The Balaban J connectivity index is 0.000000404. The molecular weight excluding hydrogens is 182 g/mol. The summed E-state index contributed by atoms with van der Waals surface area (Å²) in [6.45, 7) is 8.85. The molecule has 0 N–H and O–H groups in total. The summed E-state index contributed by atoms with van der Waals surface area (Å²) in [6, 6.07) is 8.91. The fourth-order valence-electron chi connectivity index (χ4n) is 2.97. The minimum Gasteiger partial charge on any atom is -0.290 e. The predicted molar refractivity (Wildman–Crippen MR) is 64.8 cm³/mol. The summed E-state index contributed by atoms with van der Waals surface area (Å²) in [4.78, 5) is 2.62. The van der Waals surface area contributed by atoms with E-state index in [-0.39, 0.29) is 0 Å². The first-order valence-corrected chi connectivity index (χ1v) is 6.14. The number of hydrogen-bond acceptors (Lipinski definition) is 1. The lowest BCUT2D eigenvalue weighted by Gasteiger charge is -2.28. The molecule has 0 amide bonds. The first-order chi connectivity index (χ1) is 7.31. The number of nitrogens with zero attached hydrogens (tertiary/aromatic N) is 1. The topological polar surface area (TPSA) is 3.24 Å². The van der Waals surface area contributed by atoms with Gasteiger partial charge in [-0.05, 0) is 37.4 Å². The van der Waals surface area contributed by atoms with E-state index in [9.17, 15) is 0 Å². The Bertz CT molecular complexity index is 345. The lowest BCUT2D eigenvalue weighted by Crippen LogP contribution is -2.31. The number of fused-ring (bicyclic) bond motifs is 3. The first-order valence-electron chi connectivity index (χ1n) is 6.14. The molecule has 1 atom stereocenters. The molecule has 1 fully saturated rings. The molecule has 82 valence electrons. The monoisotopic (exact) mass is 203 g/mol. The summed E-state index contributed by atoms with van der Waals surface area (Å²) >= 11 is 0. The Morgan fingerprint density at radius 1 is 1.20 bits per heavy atom. The van der Waals surface area contributed by atoms with Crippen LogP contribution >= 0.6 is 0 Å². The maximum Gasteiger partial charge on any atom is 0.0439 e. The van der Waals surface area contributed by atoms with Gasteiger partial charge in [0.05, 0.1) is 0 Å². The fraction of sp³-hybridized carbons (Fsp3) is 0.571. The van der Waals surface area contributed by atoms with Gasteiger partial charge >= 0.3 is 0 Å². The van der Waals surface area contributed by atoms with Crippen molar-refractivity contribution in [1.82, 2.24) is 4.90 Å². The van der Waals surface area contributed by atoms with E-state index in [1.54, 1.807) is 11.1 Å². The summed E-state index contributed by atoms with van der Waals surface area (Å²) in [5.74, 6) is 0. The normalized spacial score (nSPS) is 27.9. The van der Waals surface area contributed by atoms with Crippen LogP contribution in [-0.4, -0.2) is 11.4 Å². The molecule has 0 saturated carbocycles. The van der Waals surface area contributed by atoms with Crippen molar-refractivity contribution < 1.29 is 0 Å². The van der Waals surface area contributed by atoms with Crippen LogP contribution in [0.1, 0.15) is 44.7 Å². The SMILES string of the molecule is CC.CC12CCCN1Cc1ccccc12. The zero-order chi connectivity index (χ0) is 10.9. The van der Waals surface area contributed by atoms with Crippen molar-refractivity contribution >= 4 is 0 Å². The van der Waals surface area contributed by atoms with Gasteiger partial charge in [0, 0.05) is 12.1 Å². The summed E-state index contributed by atoms with van der Waals surface area (Å²) < 4.78 is 0. The van der Waals surface area contributed by atoms with Crippen molar-refractivity contribution in [2.75, 3.05) is 6.54 Å².